The van der Waals surface area contributed by atoms with Crippen molar-refractivity contribution in [2.45, 2.75) is 5.92 Å². The maximum Gasteiger partial charge on any atom is 0.188 e. The number of aldehydes is 1. The van der Waals surface area contributed by atoms with E-state index in [1.807, 2.05) is 36.4 Å². The summed E-state index contributed by atoms with van der Waals surface area (Å²) in [7, 11) is 1.57. The highest BCUT2D eigenvalue weighted by atomic mass is 16.7. The highest BCUT2D eigenvalue weighted by Crippen LogP contribution is 2.24. The number of nitrogens with zero attached hydrogens (tertiary/aromatic N) is 1. The van der Waals surface area contributed by atoms with Crippen molar-refractivity contribution < 1.29 is 14.3 Å². The van der Waals surface area contributed by atoms with Gasteiger partial charge in [-0.1, -0.05) is 18.2 Å². The largest absolute Gasteiger partial charge is 0.468 e. The summed E-state index contributed by atoms with van der Waals surface area (Å²) in [5.41, 5.74) is 1.79. The zero-order valence-electron chi connectivity index (χ0n) is 10.7. The number of hydrogen-bond donors (Lipinski definition) is 0. The van der Waals surface area contributed by atoms with Crippen molar-refractivity contribution in [1.29, 1.82) is 0 Å². The number of rotatable bonds is 6. The van der Waals surface area contributed by atoms with Gasteiger partial charge < -0.3 is 14.3 Å². The van der Waals surface area contributed by atoms with Crippen LogP contribution in [0.4, 0.5) is 0 Å². The van der Waals surface area contributed by atoms with Crippen LogP contribution in [0.1, 0.15) is 17.0 Å². The third-order valence-corrected chi connectivity index (χ3v) is 2.76. The zero-order chi connectivity index (χ0) is 13.5. The van der Waals surface area contributed by atoms with Gasteiger partial charge in [-0.3, -0.25) is 4.98 Å². The predicted molar refractivity (Wildman–Crippen MR) is 71.1 cm³/mol. The third-order valence-electron chi connectivity index (χ3n) is 2.76. The normalized spacial score (nSPS) is 11.8. The number of aromatic nitrogens is 1. The number of benzene rings is 1. The van der Waals surface area contributed by atoms with Crippen LogP contribution in [0.3, 0.4) is 0 Å². The van der Waals surface area contributed by atoms with Crippen LogP contribution in [0.5, 0.6) is 5.75 Å². The molecule has 1 heterocycles. The standard InChI is InChI=1S/C15H15NO3/c1-18-11-19-14-6-4-12(5-7-14)15(10-17)13-3-2-8-16-9-13/h2-10,15H,11H2,1H3. The maximum absolute atomic E-state index is 11.3. The van der Waals surface area contributed by atoms with Crippen molar-refractivity contribution in [2.24, 2.45) is 0 Å². The van der Waals surface area contributed by atoms with E-state index >= 15 is 0 Å². The Balaban J connectivity index is 2.18. The summed E-state index contributed by atoms with van der Waals surface area (Å²) in [4.78, 5) is 15.3. The van der Waals surface area contributed by atoms with Crippen LogP contribution in [-0.4, -0.2) is 25.2 Å². The molecule has 0 bridgehead atoms. The molecule has 1 aromatic carbocycles. The number of carbonyl (C=O) groups excluding carboxylic acids is 1. The molecule has 19 heavy (non-hydrogen) atoms. The van der Waals surface area contributed by atoms with E-state index in [0.717, 1.165) is 17.4 Å². The van der Waals surface area contributed by atoms with Crippen molar-refractivity contribution in [3.05, 3.63) is 59.9 Å². The summed E-state index contributed by atoms with van der Waals surface area (Å²) < 4.78 is 10.1. The topological polar surface area (TPSA) is 48.4 Å². The molecule has 2 rings (SSSR count). The first-order valence-corrected chi connectivity index (χ1v) is 5.92. The van der Waals surface area contributed by atoms with Crippen LogP contribution in [0, 0.1) is 0 Å². The molecular weight excluding hydrogens is 242 g/mol. The average Bonchev–Trinajstić information content (AvgIpc) is 2.48. The molecule has 4 nitrogen and oxygen atoms in total. The number of carbonyl (C=O) groups is 1. The van der Waals surface area contributed by atoms with Crippen LogP contribution in [0.15, 0.2) is 48.8 Å². The highest BCUT2D eigenvalue weighted by Gasteiger charge is 2.13. The number of hydrogen-bond acceptors (Lipinski definition) is 4. The van der Waals surface area contributed by atoms with Crippen LogP contribution in [0.25, 0.3) is 0 Å². The van der Waals surface area contributed by atoms with Crippen LogP contribution in [-0.2, 0) is 9.53 Å². The van der Waals surface area contributed by atoms with Crippen LogP contribution >= 0.6 is 0 Å². The summed E-state index contributed by atoms with van der Waals surface area (Å²) in [6, 6.07) is 11.1. The van der Waals surface area contributed by atoms with E-state index in [9.17, 15) is 4.79 Å². The Morgan fingerprint density at radius 2 is 2.00 bits per heavy atom. The molecule has 0 N–H and O–H groups in total. The summed E-state index contributed by atoms with van der Waals surface area (Å²) in [5, 5.41) is 0. The van der Waals surface area contributed by atoms with Crippen molar-refractivity contribution in [3.8, 4) is 5.75 Å². The molecule has 0 saturated heterocycles. The molecule has 1 unspecified atom stereocenters. The lowest BCUT2D eigenvalue weighted by Crippen LogP contribution is -2.03. The minimum absolute atomic E-state index is 0.207. The Morgan fingerprint density at radius 3 is 2.58 bits per heavy atom. The molecule has 0 spiro atoms. The lowest BCUT2D eigenvalue weighted by Gasteiger charge is -2.11. The second-order valence-electron chi connectivity index (χ2n) is 4.02. The van der Waals surface area contributed by atoms with Gasteiger partial charge in [-0.25, -0.2) is 0 Å². The molecule has 0 amide bonds. The van der Waals surface area contributed by atoms with Gasteiger partial charge in [0, 0.05) is 19.5 Å². The fourth-order valence-electron chi connectivity index (χ4n) is 1.81. The monoisotopic (exact) mass is 257 g/mol. The van der Waals surface area contributed by atoms with E-state index in [-0.39, 0.29) is 12.7 Å². The van der Waals surface area contributed by atoms with E-state index < -0.39 is 0 Å². The average molecular weight is 257 g/mol. The Labute approximate surface area is 112 Å². The van der Waals surface area contributed by atoms with E-state index in [1.54, 1.807) is 19.5 Å². The number of pyridine rings is 1. The predicted octanol–water partition coefficient (Wildman–Crippen LogP) is 2.40. The number of ether oxygens (including phenoxy) is 2. The molecule has 2 aromatic rings. The van der Waals surface area contributed by atoms with Gasteiger partial charge in [-0.05, 0) is 29.3 Å². The van der Waals surface area contributed by atoms with E-state index in [4.69, 9.17) is 9.47 Å². The van der Waals surface area contributed by atoms with Crippen LogP contribution < -0.4 is 4.74 Å². The first kappa shape index (κ1) is 13.2. The number of methoxy groups -OCH3 is 1. The molecule has 0 saturated carbocycles. The molecule has 1 aromatic heterocycles. The first-order chi connectivity index (χ1) is 9.35. The molecule has 0 aliphatic heterocycles. The smallest absolute Gasteiger partial charge is 0.188 e. The quantitative estimate of drug-likeness (QED) is 0.589. The van der Waals surface area contributed by atoms with Gasteiger partial charge in [0.15, 0.2) is 6.79 Å². The SMILES string of the molecule is COCOc1ccc(C(C=O)c2cccnc2)cc1. The summed E-state index contributed by atoms with van der Waals surface area (Å²) >= 11 is 0. The summed E-state index contributed by atoms with van der Waals surface area (Å²) in [5.74, 6) is 0.409. The highest BCUT2D eigenvalue weighted by molar-refractivity contribution is 5.68. The van der Waals surface area contributed by atoms with E-state index in [2.05, 4.69) is 4.98 Å². The molecular formula is C15H15NO3. The molecule has 4 heteroatoms. The Kier molecular flexibility index (Phi) is 4.64. The molecule has 98 valence electrons. The molecule has 1 atom stereocenters. The fourth-order valence-corrected chi connectivity index (χ4v) is 1.81. The van der Waals surface area contributed by atoms with Gasteiger partial charge in [0.1, 0.15) is 12.0 Å². The molecule has 0 radical (unpaired) electrons. The van der Waals surface area contributed by atoms with Crippen molar-refractivity contribution in [1.82, 2.24) is 4.98 Å². The van der Waals surface area contributed by atoms with Gasteiger partial charge in [0.05, 0.1) is 5.92 Å². The third kappa shape index (κ3) is 3.39. The Bertz CT molecular complexity index is 511. The Morgan fingerprint density at radius 1 is 1.21 bits per heavy atom. The van der Waals surface area contributed by atoms with Crippen molar-refractivity contribution >= 4 is 6.29 Å². The second kappa shape index (κ2) is 6.66. The van der Waals surface area contributed by atoms with Gasteiger partial charge in [0.25, 0.3) is 0 Å². The van der Waals surface area contributed by atoms with Gasteiger partial charge in [0.2, 0.25) is 0 Å². The fraction of sp³-hybridized carbons (Fsp3) is 0.200. The minimum Gasteiger partial charge on any atom is -0.468 e. The zero-order valence-corrected chi connectivity index (χ0v) is 10.7. The summed E-state index contributed by atoms with van der Waals surface area (Å²) in [6.45, 7) is 0.207. The van der Waals surface area contributed by atoms with Crippen molar-refractivity contribution in [2.75, 3.05) is 13.9 Å². The van der Waals surface area contributed by atoms with Gasteiger partial charge in [-0.2, -0.15) is 0 Å². The van der Waals surface area contributed by atoms with Gasteiger partial charge >= 0.3 is 0 Å². The van der Waals surface area contributed by atoms with E-state index in [1.165, 1.54) is 0 Å². The minimum atomic E-state index is -0.301. The van der Waals surface area contributed by atoms with Gasteiger partial charge in [-0.15, -0.1) is 0 Å². The molecule has 0 aliphatic carbocycles. The van der Waals surface area contributed by atoms with Crippen LogP contribution in [0.2, 0.25) is 0 Å². The Hall–Kier alpha value is -2.20. The first-order valence-electron chi connectivity index (χ1n) is 5.92. The lowest BCUT2D eigenvalue weighted by atomic mass is 9.94. The maximum atomic E-state index is 11.3. The molecule has 0 aliphatic rings. The van der Waals surface area contributed by atoms with Crippen molar-refractivity contribution in [3.63, 3.8) is 0 Å². The lowest BCUT2D eigenvalue weighted by molar-refractivity contribution is -0.108. The second-order valence-corrected chi connectivity index (χ2v) is 4.02. The molecule has 0 fully saturated rings. The summed E-state index contributed by atoms with van der Waals surface area (Å²) in [6.07, 6.45) is 4.31. The van der Waals surface area contributed by atoms with E-state index in [0.29, 0.717) is 5.75 Å².